The maximum Gasteiger partial charge on any atom is 0.121 e. The summed E-state index contributed by atoms with van der Waals surface area (Å²) in [6.45, 7) is 21.5. The van der Waals surface area contributed by atoms with Gasteiger partial charge in [-0.25, -0.2) is 0 Å². The van der Waals surface area contributed by atoms with Gasteiger partial charge in [0.1, 0.15) is 11.0 Å². The number of hydrogen-bond acceptors (Lipinski definition) is 2. The Hall–Kier alpha value is -2.94. The van der Waals surface area contributed by atoms with E-state index >= 15 is 0 Å². The molecule has 0 saturated heterocycles. The van der Waals surface area contributed by atoms with E-state index in [1.165, 1.54) is 92.9 Å². The number of fused-ring (bicyclic) bond motifs is 1. The van der Waals surface area contributed by atoms with Crippen LogP contribution in [-0.2, 0) is 17.4 Å². The molecule has 0 atom stereocenters. The van der Waals surface area contributed by atoms with E-state index in [0.29, 0.717) is 0 Å². The van der Waals surface area contributed by atoms with Crippen LogP contribution in [0.1, 0.15) is 144 Å². The fourth-order valence-corrected chi connectivity index (χ4v) is 6.42. The number of unbranched alkanes of at least 4 members (excludes halogenated alkanes) is 9. The molecule has 0 bridgehead atoms. The van der Waals surface area contributed by atoms with Crippen molar-refractivity contribution in [3.63, 3.8) is 0 Å². The van der Waals surface area contributed by atoms with Gasteiger partial charge in [-0.3, -0.25) is 0 Å². The topological polar surface area (TPSA) is 30.7 Å². The monoisotopic (exact) mass is 607 g/mol. The van der Waals surface area contributed by atoms with Crippen LogP contribution >= 0.6 is 0 Å². The highest BCUT2D eigenvalue weighted by molar-refractivity contribution is 6.00. The van der Waals surface area contributed by atoms with Crippen molar-refractivity contribution < 1.29 is 0 Å². The SMILES string of the molecule is CCCCCCCCCCCCC(C)(C)Cn1nc2c(-c3ccc(C(C)(C)C)cc3)ccc(-c3ccc(C(C)(C)C)cc3)c2n1. The third-order valence-electron chi connectivity index (χ3n) is 9.48. The highest BCUT2D eigenvalue weighted by Gasteiger charge is 2.23. The normalized spacial score (nSPS) is 12.7. The molecule has 0 aliphatic heterocycles. The summed E-state index contributed by atoms with van der Waals surface area (Å²) >= 11 is 0. The van der Waals surface area contributed by atoms with Crippen LogP contribution in [0.25, 0.3) is 33.3 Å². The standard InChI is InChI=1S/C42H61N3/c1-10-11-12-13-14-15-16-17-18-19-30-42(8,9)31-45-43-38-36(32-20-24-34(25-21-32)40(2,3)4)28-29-37(39(38)44-45)33-22-26-35(27-23-33)41(5,6)7/h20-29H,10-19,30-31H2,1-9H3. The maximum atomic E-state index is 5.19. The smallest absolute Gasteiger partial charge is 0.121 e. The van der Waals surface area contributed by atoms with Crippen molar-refractivity contribution in [3.05, 3.63) is 71.8 Å². The first-order valence-electron chi connectivity index (χ1n) is 17.9. The van der Waals surface area contributed by atoms with E-state index in [9.17, 15) is 0 Å². The zero-order chi connectivity index (χ0) is 32.7. The molecule has 0 unspecified atom stereocenters. The van der Waals surface area contributed by atoms with Gasteiger partial charge in [0, 0.05) is 11.1 Å². The quantitative estimate of drug-likeness (QED) is 0.126. The van der Waals surface area contributed by atoms with Crippen LogP contribution in [0.2, 0.25) is 0 Å². The number of aromatic nitrogens is 3. The lowest BCUT2D eigenvalue weighted by atomic mass is 9.85. The van der Waals surface area contributed by atoms with E-state index in [-0.39, 0.29) is 16.2 Å². The number of nitrogens with zero attached hydrogens (tertiary/aromatic N) is 3. The molecule has 3 nitrogen and oxygen atoms in total. The maximum absolute atomic E-state index is 5.19. The van der Waals surface area contributed by atoms with Crippen LogP contribution in [0.4, 0.5) is 0 Å². The Kier molecular flexibility index (Phi) is 11.7. The summed E-state index contributed by atoms with van der Waals surface area (Å²) in [6.07, 6.45) is 14.9. The largest absolute Gasteiger partial charge is 0.183 e. The minimum atomic E-state index is 0.125. The molecule has 1 aromatic heterocycles. The molecule has 0 amide bonds. The predicted octanol–water partition coefficient (Wildman–Crippen LogP) is 12.7. The highest BCUT2D eigenvalue weighted by atomic mass is 15.5. The lowest BCUT2D eigenvalue weighted by molar-refractivity contribution is 0.245. The van der Waals surface area contributed by atoms with Crippen molar-refractivity contribution in [1.29, 1.82) is 0 Å². The van der Waals surface area contributed by atoms with Crippen LogP contribution < -0.4 is 0 Å². The van der Waals surface area contributed by atoms with E-state index < -0.39 is 0 Å². The molecule has 0 aliphatic rings. The molecule has 3 aromatic carbocycles. The van der Waals surface area contributed by atoms with Crippen molar-refractivity contribution >= 4 is 11.0 Å². The van der Waals surface area contributed by atoms with E-state index in [2.05, 4.69) is 123 Å². The molecule has 0 fully saturated rings. The Morgan fingerprint density at radius 3 is 1.24 bits per heavy atom. The van der Waals surface area contributed by atoms with Gasteiger partial charge in [0.25, 0.3) is 0 Å². The van der Waals surface area contributed by atoms with Gasteiger partial charge in [-0.05, 0) is 44.9 Å². The molecule has 3 heteroatoms. The van der Waals surface area contributed by atoms with E-state index in [0.717, 1.165) is 28.7 Å². The van der Waals surface area contributed by atoms with Gasteiger partial charge in [-0.15, -0.1) is 0 Å². The second kappa shape index (κ2) is 15.1. The Labute approximate surface area is 275 Å². The van der Waals surface area contributed by atoms with Crippen molar-refractivity contribution in [1.82, 2.24) is 15.0 Å². The summed E-state index contributed by atoms with van der Waals surface area (Å²) in [5, 5.41) is 10.4. The predicted molar refractivity (Wildman–Crippen MR) is 196 cm³/mol. The Bertz CT molecular complexity index is 1380. The summed E-state index contributed by atoms with van der Waals surface area (Å²) in [5.41, 5.74) is 9.75. The summed E-state index contributed by atoms with van der Waals surface area (Å²) in [4.78, 5) is 1.99. The average Bonchev–Trinajstić information content (AvgIpc) is 3.39. The first kappa shape index (κ1) is 34.9. The van der Waals surface area contributed by atoms with Crippen molar-refractivity contribution in [2.75, 3.05) is 0 Å². The second-order valence-corrected chi connectivity index (χ2v) is 16.3. The Morgan fingerprint density at radius 2 is 0.867 bits per heavy atom. The van der Waals surface area contributed by atoms with Crippen LogP contribution in [-0.4, -0.2) is 15.0 Å². The lowest BCUT2D eigenvalue weighted by Gasteiger charge is -2.23. The summed E-state index contributed by atoms with van der Waals surface area (Å²) in [6, 6.07) is 22.6. The van der Waals surface area contributed by atoms with Gasteiger partial charge < -0.3 is 0 Å². The minimum Gasteiger partial charge on any atom is -0.183 e. The summed E-state index contributed by atoms with van der Waals surface area (Å²) in [5.74, 6) is 0. The summed E-state index contributed by atoms with van der Waals surface area (Å²) in [7, 11) is 0. The van der Waals surface area contributed by atoms with E-state index in [1.807, 2.05) is 4.80 Å². The Morgan fingerprint density at radius 1 is 0.489 bits per heavy atom. The number of hydrogen-bond donors (Lipinski definition) is 0. The number of rotatable bonds is 15. The molecular weight excluding hydrogens is 546 g/mol. The van der Waals surface area contributed by atoms with Crippen LogP contribution in [0, 0.1) is 5.41 Å². The third-order valence-corrected chi connectivity index (χ3v) is 9.48. The molecule has 4 rings (SSSR count). The molecule has 0 radical (unpaired) electrons. The van der Waals surface area contributed by atoms with Gasteiger partial charge in [0.05, 0.1) is 6.54 Å². The van der Waals surface area contributed by atoms with Gasteiger partial charge in [-0.2, -0.15) is 15.0 Å². The lowest BCUT2D eigenvalue weighted by Crippen LogP contribution is -2.21. The van der Waals surface area contributed by atoms with Gasteiger partial charge in [0.2, 0.25) is 0 Å². The third kappa shape index (κ3) is 9.77. The fraction of sp³-hybridized carbons (Fsp3) is 0.571. The molecule has 45 heavy (non-hydrogen) atoms. The molecule has 244 valence electrons. The zero-order valence-electron chi connectivity index (χ0n) is 30.1. The summed E-state index contributed by atoms with van der Waals surface area (Å²) < 4.78 is 0. The van der Waals surface area contributed by atoms with Gasteiger partial charge in [0.15, 0.2) is 0 Å². The molecular formula is C42H61N3. The number of benzene rings is 3. The first-order valence-corrected chi connectivity index (χ1v) is 17.9. The van der Waals surface area contributed by atoms with Crippen molar-refractivity contribution in [2.24, 2.45) is 5.41 Å². The van der Waals surface area contributed by atoms with Crippen LogP contribution in [0.3, 0.4) is 0 Å². The molecule has 4 aromatic rings. The fourth-order valence-electron chi connectivity index (χ4n) is 6.42. The van der Waals surface area contributed by atoms with E-state index in [1.54, 1.807) is 0 Å². The molecule has 0 aliphatic carbocycles. The van der Waals surface area contributed by atoms with Crippen LogP contribution in [0.15, 0.2) is 60.7 Å². The molecule has 0 N–H and O–H groups in total. The second-order valence-electron chi connectivity index (χ2n) is 16.3. The molecule has 0 saturated carbocycles. The highest BCUT2D eigenvalue weighted by Crippen LogP contribution is 2.36. The first-order chi connectivity index (χ1) is 21.3. The zero-order valence-corrected chi connectivity index (χ0v) is 30.1. The van der Waals surface area contributed by atoms with Crippen molar-refractivity contribution in [3.8, 4) is 22.3 Å². The van der Waals surface area contributed by atoms with Gasteiger partial charge in [-0.1, -0.05) is 187 Å². The van der Waals surface area contributed by atoms with Crippen molar-refractivity contribution in [2.45, 2.75) is 150 Å². The van der Waals surface area contributed by atoms with Crippen LogP contribution in [0.5, 0.6) is 0 Å². The molecule has 1 heterocycles. The Balaban J connectivity index is 1.54. The minimum absolute atomic E-state index is 0.125. The average molecular weight is 608 g/mol. The van der Waals surface area contributed by atoms with Gasteiger partial charge >= 0.3 is 0 Å². The molecule has 0 spiro atoms. The van der Waals surface area contributed by atoms with E-state index in [4.69, 9.17) is 10.2 Å².